The molecule has 0 saturated heterocycles. The van der Waals surface area contributed by atoms with E-state index in [1.807, 2.05) is 18.3 Å². The molecular formula is C14H16FN3. The Kier molecular flexibility index (Phi) is 2.88. The molecule has 1 aromatic carbocycles. The van der Waals surface area contributed by atoms with Gasteiger partial charge in [-0.2, -0.15) is 5.10 Å². The third kappa shape index (κ3) is 2.29. The van der Waals surface area contributed by atoms with Gasteiger partial charge in [-0.25, -0.2) is 4.39 Å². The summed E-state index contributed by atoms with van der Waals surface area (Å²) in [4.78, 5) is 0. The molecule has 1 aliphatic rings. The second-order valence-corrected chi connectivity index (χ2v) is 4.84. The van der Waals surface area contributed by atoms with Crippen molar-refractivity contribution in [3.05, 3.63) is 53.1 Å². The summed E-state index contributed by atoms with van der Waals surface area (Å²) < 4.78 is 15.5. The van der Waals surface area contributed by atoms with Crippen molar-refractivity contribution in [3.8, 4) is 0 Å². The first-order chi connectivity index (χ1) is 8.76. The quantitative estimate of drug-likeness (QED) is 0.899. The third-order valence-corrected chi connectivity index (χ3v) is 3.34. The van der Waals surface area contributed by atoms with Crippen LogP contribution >= 0.6 is 0 Å². The van der Waals surface area contributed by atoms with Gasteiger partial charge in [0, 0.05) is 24.2 Å². The number of halogens is 1. The van der Waals surface area contributed by atoms with Crippen LogP contribution in [-0.4, -0.2) is 9.78 Å². The van der Waals surface area contributed by atoms with Crippen LogP contribution in [0, 0.1) is 5.82 Å². The maximum absolute atomic E-state index is 13.7. The van der Waals surface area contributed by atoms with Crippen molar-refractivity contribution < 1.29 is 4.39 Å². The van der Waals surface area contributed by atoms with E-state index in [0.29, 0.717) is 24.6 Å². The van der Waals surface area contributed by atoms with Crippen LogP contribution < -0.4 is 5.73 Å². The molecule has 4 heteroatoms. The van der Waals surface area contributed by atoms with Gasteiger partial charge in [0.15, 0.2) is 0 Å². The topological polar surface area (TPSA) is 43.8 Å². The lowest BCUT2D eigenvalue weighted by Gasteiger charge is -2.06. The highest BCUT2D eigenvalue weighted by atomic mass is 19.1. The van der Waals surface area contributed by atoms with E-state index in [9.17, 15) is 4.39 Å². The minimum absolute atomic E-state index is 0.198. The zero-order chi connectivity index (χ0) is 12.5. The van der Waals surface area contributed by atoms with Crippen LogP contribution in [0.2, 0.25) is 0 Å². The number of benzene rings is 1. The molecule has 18 heavy (non-hydrogen) atoms. The molecule has 0 aliphatic heterocycles. The van der Waals surface area contributed by atoms with Crippen molar-refractivity contribution in [2.75, 3.05) is 0 Å². The summed E-state index contributed by atoms with van der Waals surface area (Å²) in [6, 6.07) is 7.04. The Bertz CT molecular complexity index is 558. The predicted molar refractivity (Wildman–Crippen MR) is 67.6 cm³/mol. The number of aromatic nitrogens is 2. The number of rotatable bonds is 4. The maximum Gasteiger partial charge on any atom is 0.128 e. The molecule has 1 heterocycles. The van der Waals surface area contributed by atoms with Gasteiger partial charge >= 0.3 is 0 Å². The summed E-state index contributed by atoms with van der Waals surface area (Å²) in [7, 11) is 0. The van der Waals surface area contributed by atoms with E-state index in [-0.39, 0.29) is 5.82 Å². The van der Waals surface area contributed by atoms with Crippen molar-refractivity contribution in [2.24, 2.45) is 5.73 Å². The van der Waals surface area contributed by atoms with Crippen LogP contribution in [0.5, 0.6) is 0 Å². The Morgan fingerprint density at radius 1 is 1.33 bits per heavy atom. The normalized spacial score (nSPS) is 15.0. The van der Waals surface area contributed by atoms with Crippen molar-refractivity contribution >= 4 is 0 Å². The van der Waals surface area contributed by atoms with Gasteiger partial charge in [0.05, 0.1) is 12.2 Å². The van der Waals surface area contributed by atoms with Crippen LogP contribution in [-0.2, 0) is 13.1 Å². The van der Waals surface area contributed by atoms with Gasteiger partial charge in [0.1, 0.15) is 5.82 Å². The molecule has 0 atom stereocenters. The molecule has 94 valence electrons. The predicted octanol–water partition coefficient (Wildman–Crippen LogP) is 2.41. The average molecular weight is 245 g/mol. The Morgan fingerprint density at radius 3 is 2.89 bits per heavy atom. The molecular weight excluding hydrogens is 229 g/mol. The molecule has 0 spiro atoms. The number of nitrogens with zero attached hydrogens (tertiary/aromatic N) is 2. The number of hydrogen-bond donors (Lipinski definition) is 1. The van der Waals surface area contributed by atoms with E-state index < -0.39 is 0 Å². The van der Waals surface area contributed by atoms with Gasteiger partial charge in [-0.05, 0) is 36.6 Å². The zero-order valence-corrected chi connectivity index (χ0v) is 10.1. The number of nitrogens with two attached hydrogens (primary N) is 1. The highest BCUT2D eigenvalue weighted by molar-refractivity contribution is 5.25. The molecule has 1 saturated carbocycles. The monoisotopic (exact) mass is 245 g/mol. The maximum atomic E-state index is 13.7. The van der Waals surface area contributed by atoms with Crippen LogP contribution in [0.1, 0.15) is 35.6 Å². The van der Waals surface area contributed by atoms with E-state index in [2.05, 4.69) is 5.10 Å². The summed E-state index contributed by atoms with van der Waals surface area (Å²) in [6.45, 7) is 0.895. The summed E-state index contributed by atoms with van der Waals surface area (Å²) >= 11 is 0. The van der Waals surface area contributed by atoms with Gasteiger partial charge in [0.25, 0.3) is 0 Å². The first-order valence-electron chi connectivity index (χ1n) is 6.27. The van der Waals surface area contributed by atoms with Gasteiger partial charge in [-0.15, -0.1) is 0 Å². The van der Waals surface area contributed by atoms with E-state index in [0.717, 1.165) is 11.3 Å². The van der Waals surface area contributed by atoms with Gasteiger partial charge in [-0.3, -0.25) is 4.68 Å². The SMILES string of the molecule is NCc1ccc(F)c(Cn2ccc(C3CC3)n2)c1. The Morgan fingerprint density at radius 2 is 2.17 bits per heavy atom. The largest absolute Gasteiger partial charge is 0.326 e. The smallest absolute Gasteiger partial charge is 0.128 e. The molecule has 1 fully saturated rings. The molecule has 1 aliphatic carbocycles. The van der Waals surface area contributed by atoms with Crippen molar-refractivity contribution in [3.63, 3.8) is 0 Å². The Hall–Kier alpha value is -1.68. The minimum Gasteiger partial charge on any atom is -0.326 e. The molecule has 0 bridgehead atoms. The summed E-state index contributed by atoms with van der Waals surface area (Å²) in [5, 5.41) is 4.48. The third-order valence-electron chi connectivity index (χ3n) is 3.34. The summed E-state index contributed by atoms with van der Waals surface area (Å²) in [6.07, 6.45) is 4.38. The van der Waals surface area contributed by atoms with Crippen LogP contribution in [0.4, 0.5) is 4.39 Å². The van der Waals surface area contributed by atoms with Crippen LogP contribution in [0.15, 0.2) is 30.5 Å². The van der Waals surface area contributed by atoms with Gasteiger partial charge < -0.3 is 5.73 Å². The van der Waals surface area contributed by atoms with Crippen LogP contribution in [0.3, 0.4) is 0 Å². The second kappa shape index (κ2) is 4.53. The lowest BCUT2D eigenvalue weighted by molar-refractivity contribution is 0.581. The van der Waals surface area contributed by atoms with Gasteiger partial charge in [-0.1, -0.05) is 6.07 Å². The lowest BCUT2D eigenvalue weighted by Crippen LogP contribution is -2.05. The van der Waals surface area contributed by atoms with Crippen molar-refractivity contribution in [1.29, 1.82) is 0 Å². The minimum atomic E-state index is -0.198. The molecule has 1 aromatic heterocycles. The first-order valence-corrected chi connectivity index (χ1v) is 6.27. The summed E-state index contributed by atoms with van der Waals surface area (Å²) in [5.41, 5.74) is 8.29. The summed E-state index contributed by atoms with van der Waals surface area (Å²) in [5.74, 6) is 0.433. The van der Waals surface area contributed by atoms with E-state index >= 15 is 0 Å². The fourth-order valence-electron chi connectivity index (χ4n) is 2.11. The van der Waals surface area contributed by atoms with E-state index in [4.69, 9.17) is 5.73 Å². The van der Waals surface area contributed by atoms with E-state index in [1.165, 1.54) is 18.9 Å². The highest BCUT2D eigenvalue weighted by Gasteiger charge is 2.25. The highest BCUT2D eigenvalue weighted by Crippen LogP contribution is 2.38. The Balaban J connectivity index is 1.81. The molecule has 0 amide bonds. The second-order valence-electron chi connectivity index (χ2n) is 4.84. The molecule has 2 aromatic rings. The molecule has 0 unspecified atom stereocenters. The molecule has 3 nitrogen and oxygen atoms in total. The standard InChI is InChI=1S/C14H16FN3/c15-13-4-1-10(8-16)7-12(13)9-18-6-5-14(17-18)11-2-3-11/h1,4-7,11H,2-3,8-9,16H2. The molecule has 0 radical (unpaired) electrons. The van der Waals surface area contributed by atoms with Gasteiger partial charge in [0.2, 0.25) is 0 Å². The number of hydrogen-bond acceptors (Lipinski definition) is 2. The van der Waals surface area contributed by atoms with Crippen molar-refractivity contribution in [1.82, 2.24) is 9.78 Å². The fraction of sp³-hybridized carbons (Fsp3) is 0.357. The average Bonchev–Trinajstić information content (AvgIpc) is 3.13. The lowest BCUT2D eigenvalue weighted by atomic mass is 10.1. The molecule has 2 N–H and O–H groups in total. The Labute approximate surface area is 105 Å². The van der Waals surface area contributed by atoms with Crippen LogP contribution in [0.25, 0.3) is 0 Å². The van der Waals surface area contributed by atoms with Crippen molar-refractivity contribution in [2.45, 2.75) is 31.8 Å². The zero-order valence-electron chi connectivity index (χ0n) is 10.1. The first kappa shape index (κ1) is 11.4. The fourth-order valence-corrected chi connectivity index (χ4v) is 2.11. The van der Waals surface area contributed by atoms with E-state index in [1.54, 1.807) is 10.7 Å². The molecule has 3 rings (SSSR count).